The first-order valence-corrected chi connectivity index (χ1v) is 10.4. The van der Waals surface area contributed by atoms with E-state index in [4.69, 9.17) is 19.9 Å². The lowest BCUT2D eigenvalue weighted by Gasteiger charge is -2.33. The van der Waals surface area contributed by atoms with Crippen molar-refractivity contribution in [2.24, 2.45) is 11.1 Å². The zero-order valence-electron chi connectivity index (χ0n) is 18.3. The molecule has 2 unspecified atom stereocenters. The molecular formula is C23H34NO4P. The molecular weight excluding hydrogens is 385 g/mol. The lowest BCUT2D eigenvalue weighted by molar-refractivity contribution is -0.119. The smallest absolute Gasteiger partial charge is 0.255 e. The Morgan fingerprint density at radius 3 is 2.03 bits per heavy atom. The number of amides is 1. The summed E-state index contributed by atoms with van der Waals surface area (Å²) in [7, 11) is 5.88. The third-order valence-corrected chi connectivity index (χ3v) is 4.21. The van der Waals surface area contributed by atoms with Crippen LogP contribution in [0, 0.1) is 5.41 Å². The van der Waals surface area contributed by atoms with Crippen LogP contribution in [0.5, 0.6) is 17.2 Å². The molecule has 0 fully saturated rings. The molecule has 0 aliphatic carbocycles. The summed E-state index contributed by atoms with van der Waals surface area (Å²) in [6.07, 6.45) is 1.17. The van der Waals surface area contributed by atoms with E-state index in [9.17, 15) is 4.79 Å². The van der Waals surface area contributed by atoms with Gasteiger partial charge in [0.15, 0.2) is 6.61 Å². The van der Waals surface area contributed by atoms with Crippen LogP contribution >= 0.6 is 9.24 Å². The number of benzene rings is 2. The van der Waals surface area contributed by atoms with Gasteiger partial charge in [-0.1, -0.05) is 45.9 Å². The van der Waals surface area contributed by atoms with Crippen molar-refractivity contribution in [3.05, 3.63) is 53.6 Å². The van der Waals surface area contributed by atoms with E-state index in [0.717, 1.165) is 22.6 Å². The summed E-state index contributed by atoms with van der Waals surface area (Å²) < 4.78 is 16.3. The van der Waals surface area contributed by atoms with E-state index in [2.05, 4.69) is 36.9 Å². The maximum absolute atomic E-state index is 10.9. The molecule has 0 saturated carbocycles. The molecule has 2 aromatic carbocycles. The molecule has 0 aromatic heterocycles. The van der Waals surface area contributed by atoms with Gasteiger partial charge in [-0.25, -0.2) is 0 Å². The SMILES string of the molecule is CCP.COc1ccc(C(c2ccc(OCC(N)=O)cc2)C(C)(C)C)c(OC)c1. The normalized spacial score (nSPS) is 11.7. The maximum atomic E-state index is 10.9. The van der Waals surface area contributed by atoms with E-state index in [0.29, 0.717) is 5.75 Å². The predicted molar refractivity (Wildman–Crippen MR) is 122 cm³/mol. The van der Waals surface area contributed by atoms with Crippen molar-refractivity contribution in [1.82, 2.24) is 0 Å². The highest BCUT2D eigenvalue weighted by Gasteiger charge is 2.30. The number of methoxy groups -OCH3 is 2. The predicted octanol–water partition coefficient (Wildman–Crippen LogP) is 4.63. The highest BCUT2D eigenvalue weighted by Crippen LogP contribution is 2.45. The topological polar surface area (TPSA) is 70.8 Å². The molecule has 0 aliphatic rings. The van der Waals surface area contributed by atoms with Crippen molar-refractivity contribution in [2.75, 3.05) is 27.0 Å². The summed E-state index contributed by atoms with van der Waals surface area (Å²) in [5.74, 6) is 1.77. The van der Waals surface area contributed by atoms with Gasteiger partial charge in [0.1, 0.15) is 17.2 Å². The molecule has 0 bridgehead atoms. The summed E-state index contributed by atoms with van der Waals surface area (Å²) in [6, 6.07) is 13.6. The lowest BCUT2D eigenvalue weighted by atomic mass is 9.72. The van der Waals surface area contributed by atoms with Gasteiger partial charge >= 0.3 is 0 Å². The van der Waals surface area contributed by atoms with Crippen molar-refractivity contribution in [3.8, 4) is 17.2 Å². The van der Waals surface area contributed by atoms with Crippen molar-refractivity contribution in [1.29, 1.82) is 0 Å². The number of nitrogens with two attached hydrogens (primary N) is 1. The van der Waals surface area contributed by atoms with Crippen LogP contribution in [0.15, 0.2) is 42.5 Å². The molecule has 1 amide bonds. The van der Waals surface area contributed by atoms with Crippen LogP contribution in [-0.2, 0) is 4.79 Å². The molecule has 29 heavy (non-hydrogen) atoms. The number of carbonyl (C=O) groups excluding carboxylic acids is 1. The van der Waals surface area contributed by atoms with Crippen molar-refractivity contribution in [3.63, 3.8) is 0 Å². The first kappa shape index (κ1) is 24.8. The summed E-state index contributed by atoms with van der Waals surface area (Å²) in [5, 5.41) is 0. The highest BCUT2D eigenvalue weighted by atomic mass is 31.0. The molecule has 0 radical (unpaired) electrons. The lowest BCUT2D eigenvalue weighted by Crippen LogP contribution is -2.21. The van der Waals surface area contributed by atoms with E-state index in [-0.39, 0.29) is 17.9 Å². The van der Waals surface area contributed by atoms with Gasteiger partial charge in [0.05, 0.1) is 14.2 Å². The standard InChI is InChI=1S/C21H27NO4.C2H7P/c1-21(2,3)20(17-11-10-16(24-4)12-18(17)25-5)14-6-8-15(9-7-14)26-13-19(22)23;1-2-3/h6-12,20H,13H2,1-5H3,(H2,22,23);2-3H2,1H3. The third-order valence-electron chi connectivity index (χ3n) is 4.21. The Labute approximate surface area is 177 Å². The summed E-state index contributed by atoms with van der Waals surface area (Å²) >= 11 is 0. The van der Waals surface area contributed by atoms with Gasteiger partial charge in [0.2, 0.25) is 0 Å². The average Bonchev–Trinajstić information content (AvgIpc) is 2.67. The fourth-order valence-electron chi connectivity index (χ4n) is 3.11. The van der Waals surface area contributed by atoms with Gasteiger partial charge in [-0.15, -0.1) is 9.24 Å². The Kier molecular flexibility index (Phi) is 9.97. The van der Waals surface area contributed by atoms with Crippen LogP contribution in [0.3, 0.4) is 0 Å². The molecule has 0 saturated heterocycles. The minimum absolute atomic E-state index is 0.0442. The molecule has 2 aromatic rings. The van der Waals surface area contributed by atoms with Crippen LogP contribution in [0.25, 0.3) is 0 Å². The van der Waals surface area contributed by atoms with Crippen LogP contribution in [0.4, 0.5) is 0 Å². The van der Waals surface area contributed by atoms with Crippen molar-refractivity contribution < 1.29 is 19.0 Å². The fourth-order valence-corrected chi connectivity index (χ4v) is 3.11. The molecule has 160 valence electrons. The molecule has 6 heteroatoms. The first-order valence-electron chi connectivity index (χ1n) is 9.60. The Bertz CT molecular complexity index is 769. The van der Waals surface area contributed by atoms with Crippen molar-refractivity contribution in [2.45, 2.75) is 33.6 Å². The van der Waals surface area contributed by atoms with Gasteiger partial charge in [-0.2, -0.15) is 0 Å². The van der Waals surface area contributed by atoms with Crippen LogP contribution in [0.1, 0.15) is 44.7 Å². The number of carbonyl (C=O) groups is 1. The van der Waals surface area contributed by atoms with E-state index < -0.39 is 5.91 Å². The summed E-state index contributed by atoms with van der Waals surface area (Å²) in [5.41, 5.74) is 7.30. The fraction of sp³-hybridized carbons (Fsp3) is 0.435. The summed E-state index contributed by atoms with van der Waals surface area (Å²) in [4.78, 5) is 10.9. The second-order valence-corrected chi connectivity index (χ2v) is 8.46. The maximum Gasteiger partial charge on any atom is 0.255 e. The second kappa shape index (κ2) is 11.7. The molecule has 0 aliphatic heterocycles. The number of rotatable bonds is 7. The zero-order valence-corrected chi connectivity index (χ0v) is 19.5. The van der Waals surface area contributed by atoms with Gasteiger partial charge in [-0.05, 0) is 35.3 Å². The van der Waals surface area contributed by atoms with Crippen LogP contribution in [0.2, 0.25) is 0 Å². The molecule has 2 rings (SSSR count). The van der Waals surface area contributed by atoms with Gasteiger partial charge in [0.25, 0.3) is 5.91 Å². The van der Waals surface area contributed by atoms with Gasteiger partial charge in [0, 0.05) is 17.5 Å². The quantitative estimate of drug-likeness (QED) is 0.665. The van der Waals surface area contributed by atoms with E-state index in [1.54, 1.807) is 14.2 Å². The minimum atomic E-state index is -0.496. The monoisotopic (exact) mass is 419 g/mol. The van der Waals surface area contributed by atoms with Crippen LogP contribution < -0.4 is 19.9 Å². The zero-order chi connectivity index (χ0) is 22.0. The summed E-state index contributed by atoms with van der Waals surface area (Å²) in [6.45, 7) is 8.54. The highest BCUT2D eigenvalue weighted by molar-refractivity contribution is 7.16. The van der Waals surface area contributed by atoms with Gasteiger partial charge < -0.3 is 19.9 Å². The Morgan fingerprint density at radius 1 is 1.03 bits per heavy atom. The number of primary amides is 1. The molecule has 5 nitrogen and oxygen atoms in total. The molecule has 2 atom stereocenters. The second-order valence-electron chi connectivity index (χ2n) is 7.64. The Hall–Kier alpha value is -2.26. The minimum Gasteiger partial charge on any atom is -0.497 e. The number of hydrogen-bond acceptors (Lipinski definition) is 4. The van der Waals surface area contributed by atoms with E-state index >= 15 is 0 Å². The van der Waals surface area contributed by atoms with Crippen LogP contribution in [-0.4, -0.2) is 32.9 Å². The van der Waals surface area contributed by atoms with E-state index in [1.165, 1.54) is 6.16 Å². The Morgan fingerprint density at radius 2 is 1.59 bits per heavy atom. The van der Waals surface area contributed by atoms with Crippen molar-refractivity contribution >= 4 is 15.1 Å². The molecule has 0 heterocycles. The molecule has 2 N–H and O–H groups in total. The Balaban J connectivity index is 0.00000132. The van der Waals surface area contributed by atoms with E-state index in [1.807, 2.05) is 42.5 Å². The third kappa shape index (κ3) is 7.58. The molecule has 0 spiro atoms. The first-order chi connectivity index (χ1) is 13.7. The average molecular weight is 420 g/mol. The largest absolute Gasteiger partial charge is 0.497 e. The number of hydrogen-bond donors (Lipinski definition) is 1. The number of ether oxygens (including phenoxy) is 3. The van der Waals surface area contributed by atoms with Gasteiger partial charge in [-0.3, -0.25) is 4.79 Å².